The second-order valence-corrected chi connectivity index (χ2v) is 18.0. The van der Waals surface area contributed by atoms with Crippen molar-refractivity contribution in [2.75, 3.05) is 0 Å². The molecule has 316 valence electrons. The number of pyridine rings is 2. The molecule has 0 spiro atoms. The van der Waals surface area contributed by atoms with Gasteiger partial charge in [-0.15, -0.1) is 0 Å². The molecule has 0 aliphatic carbocycles. The summed E-state index contributed by atoms with van der Waals surface area (Å²) in [6, 6.07) is 11.0. The number of hydrogen-bond donors (Lipinski definition) is 0. The average molecular weight is 810 g/mol. The maximum Gasteiger partial charge on any atom is 0.261 e. The second-order valence-electron chi connectivity index (χ2n) is 18.0. The number of benzene rings is 5. The number of carbonyl (C=O) groups excluding carboxylic acids is 1. The number of carbonyl (C=O) groups is 1. The van der Waals surface area contributed by atoms with Crippen molar-refractivity contribution < 1.29 is 4.79 Å². The highest BCUT2D eigenvalue weighted by Crippen LogP contribution is 2.49. The van der Waals surface area contributed by atoms with Gasteiger partial charge in [-0.2, -0.15) is 0 Å². The monoisotopic (exact) mass is 809 g/mol. The smallest absolute Gasteiger partial charge is 0.261 e. The highest BCUT2D eigenvalue weighted by molar-refractivity contribution is 6.46. The minimum absolute atomic E-state index is 0.208. The lowest BCUT2D eigenvalue weighted by molar-refractivity contribution is 0.0946. The van der Waals surface area contributed by atoms with E-state index in [0.29, 0.717) is 43.4 Å². The summed E-state index contributed by atoms with van der Waals surface area (Å²) in [5, 5.41) is 8.04. The quantitative estimate of drug-likeness (QED) is 0.0385. The Morgan fingerprint density at radius 3 is 1.05 bits per heavy atom. The van der Waals surface area contributed by atoms with Crippen LogP contribution in [-0.4, -0.2) is 19.6 Å². The lowest BCUT2D eigenvalue weighted by Gasteiger charge is -2.23. The third kappa shape index (κ3) is 6.86. The fraction of sp³-hybridized carbons (Fsp3) is 0.519. The zero-order chi connectivity index (χ0) is 42.2. The van der Waals surface area contributed by atoms with Crippen LogP contribution in [0.4, 0.5) is 0 Å². The van der Waals surface area contributed by atoms with Crippen molar-refractivity contribution in [1.82, 2.24) is 13.7 Å². The van der Waals surface area contributed by atoms with Crippen molar-refractivity contribution in [1.29, 1.82) is 0 Å². The summed E-state index contributed by atoms with van der Waals surface area (Å²) in [4.78, 5) is 73.3. The molecule has 0 radical (unpaired) electrons. The molecule has 8 rings (SSSR count). The second kappa shape index (κ2) is 17.6. The van der Waals surface area contributed by atoms with Gasteiger partial charge in [-0.05, 0) is 60.7 Å². The summed E-state index contributed by atoms with van der Waals surface area (Å²) in [5.74, 6) is -0.229. The summed E-state index contributed by atoms with van der Waals surface area (Å²) in [5.41, 5.74) is 0.0993. The van der Waals surface area contributed by atoms with E-state index in [1.807, 2.05) is 36.4 Å². The van der Waals surface area contributed by atoms with Crippen LogP contribution < -0.4 is 22.2 Å². The molecule has 0 aliphatic heterocycles. The molecule has 0 saturated heterocycles. The van der Waals surface area contributed by atoms with Crippen LogP contribution in [0.5, 0.6) is 0 Å². The topological polar surface area (TPSA) is 100 Å². The van der Waals surface area contributed by atoms with Crippen molar-refractivity contribution in [3.05, 3.63) is 77.8 Å². The first-order valence-corrected chi connectivity index (χ1v) is 23.5. The predicted octanol–water partition coefficient (Wildman–Crippen LogP) is 13.0. The van der Waals surface area contributed by atoms with E-state index in [9.17, 15) is 24.0 Å². The molecule has 8 nitrogen and oxygen atoms in total. The first-order chi connectivity index (χ1) is 29.2. The third-order valence-electron chi connectivity index (χ3n) is 14.0. The van der Waals surface area contributed by atoms with Crippen LogP contribution in [0.25, 0.3) is 75.7 Å². The van der Waals surface area contributed by atoms with E-state index in [2.05, 4.69) is 27.7 Å². The van der Waals surface area contributed by atoms with E-state index in [1.54, 1.807) is 13.7 Å². The molecule has 0 bridgehead atoms. The Morgan fingerprint density at radius 1 is 0.417 bits per heavy atom. The summed E-state index contributed by atoms with van der Waals surface area (Å²) < 4.78 is 4.76. The maximum atomic E-state index is 15.0. The van der Waals surface area contributed by atoms with Crippen LogP contribution in [0.1, 0.15) is 180 Å². The number of rotatable bonds is 22. The van der Waals surface area contributed by atoms with Gasteiger partial charge in [0.1, 0.15) is 0 Å². The van der Waals surface area contributed by atoms with E-state index in [1.165, 1.54) is 6.92 Å². The zero-order valence-corrected chi connectivity index (χ0v) is 36.6. The highest BCUT2D eigenvalue weighted by atomic mass is 16.2. The number of fused-ring (bicyclic) bond motifs is 1. The van der Waals surface area contributed by atoms with E-state index in [0.717, 1.165) is 161 Å². The molecule has 60 heavy (non-hydrogen) atoms. The number of aromatic nitrogens is 3. The van der Waals surface area contributed by atoms with Crippen LogP contribution in [0.3, 0.4) is 0 Å². The Kier molecular flexibility index (Phi) is 12.3. The molecular weight excluding hydrogens is 747 g/mol. The van der Waals surface area contributed by atoms with Crippen molar-refractivity contribution in [3.8, 4) is 0 Å². The Morgan fingerprint density at radius 2 is 0.733 bits per heavy atom. The van der Waals surface area contributed by atoms with Crippen molar-refractivity contribution >= 4 is 81.6 Å². The fourth-order valence-corrected chi connectivity index (χ4v) is 11.0. The van der Waals surface area contributed by atoms with Crippen LogP contribution in [0, 0.1) is 0 Å². The lowest BCUT2D eigenvalue weighted by Crippen LogP contribution is -2.37. The summed E-state index contributed by atoms with van der Waals surface area (Å²) in [6.07, 6.45) is 20.1. The Hall–Kier alpha value is -4.85. The Bertz CT molecular complexity index is 2800. The number of unbranched alkanes of at least 4 members (excludes halogenated alkanes) is 12. The Balaban J connectivity index is 1.42. The molecule has 3 aromatic heterocycles. The lowest BCUT2D eigenvalue weighted by atomic mass is 9.86. The summed E-state index contributed by atoms with van der Waals surface area (Å²) >= 11 is 0. The third-order valence-corrected chi connectivity index (χ3v) is 14.0. The molecule has 0 N–H and O–H groups in total. The van der Waals surface area contributed by atoms with Crippen molar-refractivity contribution in [3.63, 3.8) is 0 Å². The molecule has 0 amide bonds. The van der Waals surface area contributed by atoms with Gasteiger partial charge in [0, 0.05) is 62.1 Å². The van der Waals surface area contributed by atoms with Gasteiger partial charge >= 0.3 is 0 Å². The molecular formula is C52H63N3O5. The van der Waals surface area contributed by atoms with Gasteiger partial charge in [0.05, 0.1) is 21.8 Å². The van der Waals surface area contributed by atoms with Gasteiger partial charge in [0.15, 0.2) is 0 Å². The molecule has 0 aliphatic rings. The van der Waals surface area contributed by atoms with E-state index >= 15 is 0 Å². The van der Waals surface area contributed by atoms with E-state index < -0.39 is 0 Å². The number of hydrogen-bond acceptors (Lipinski definition) is 5. The molecule has 0 unspecified atom stereocenters. The van der Waals surface area contributed by atoms with Gasteiger partial charge < -0.3 is 0 Å². The Labute approximate surface area is 351 Å². The van der Waals surface area contributed by atoms with Crippen LogP contribution >= 0.6 is 0 Å². The summed E-state index contributed by atoms with van der Waals surface area (Å²) in [6.45, 7) is 10.3. The minimum Gasteiger partial charge on any atom is -0.280 e. The molecule has 0 saturated carbocycles. The molecule has 0 fully saturated rings. The average Bonchev–Trinajstić information content (AvgIpc) is 3.59. The first kappa shape index (κ1) is 41.9. The zero-order valence-electron chi connectivity index (χ0n) is 36.6. The van der Waals surface area contributed by atoms with Gasteiger partial charge in [-0.25, -0.2) is 0 Å². The molecule has 0 atom stereocenters. The van der Waals surface area contributed by atoms with E-state index in [4.69, 9.17) is 0 Å². The number of nitrogens with zero attached hydrogens (tertiary/aromatic N) is 3. The standard InChI is InChI=1S/C52H63N3O5/c1-6-10-14-18-22-33(23-19-15-11-7-2)54-49(57)37-28-26-35-36-27-29-38-44-40(52(60)55(50(38)58)34(24-20-16-12-8-3)25-21-17-13-9-4)31-42-48(46(36)44)47-41(53(42)32(5)56)30-39(51(54)59)43(37)45(35)47/h26-31,33-34H,6-25H2,1-5H3. The first-order valence-electron chi connectivity index (χ1n) is 23.5. The van der Waals surface area contributed by atoms with Gasteiger partial charge in [-0.3, -0.25) is 37.7 Å². The van der Waals surface area contributed by atoms with Gasteiger partial charge in [-0.1, -0.05) is 143 Å². The highest BCUT2D eigenvalue weighted by Gasteiger charge is 2.31. The van der Waals surface area contributed by atoms with Gasteiger partial charge in [0.2, 0.25) is 5.91 Å². The van der Waals surface area contributed by atoms with E-state index in [-0.39, 0.29) is 40.2 Å². The van der Waals surface area contributed by atoms with Crippen molar-refractivity contribution in [2.45, 2.75) is 175 Å². The van der Waals surface area contributed by atoms with Crippen molar-refractivity contribution in [2.24, 2.45) is 0 Å². The molecule has 8 aromatic rings. The normalized spacial score (nSPS) is 12.7. The van der Waals surface area contributed by atoms with Crippen LogP contribution in [0.2, 0.25) is 0 Å². The SMILES string of the molecule is CCCCCCC(CCCCCC)n1c(=O)c2ccc3c4ccc5c(=O)n(C(CCCCCC)CCCCCC)c(=O)c6cc7c(c4c56)c4c3c2c(cc4n7C(C)=O)c1=O. The largest absolute Gasteiger partial charge is 0.280 e. The maximum absolute atomic E-state index is 15.0. The van der Waals surface area contributed by atoms with Crippen LogP contribution in [0.15, 0.2) is 55.6 Å². The molecule has 5 aromatic carbocycles. The van der Waals surface area contributed by atoms with Gasteiger partial charge in [0.25, 0.3) is 22.2 Å². The molecule has 8 heteroatoms. The fourth-order valence-electron chi connectivity index (χ4n) is 11.0. The predicted molar refractivity (Wildman–Crippen MR) is 252 cm³/mol. The summed E-state index contributed by atoms with van der Waals surface area (Å²) in [7, 11) is 0. The molecule has 3 heterocycles. The minimum atomic E-state index is -0.298. The van der Waals surface area contributed by atoms with Crippen LogP contribution in [-0.2, 0) is 0 Å².